The number of alkyl halides is 1. The van der Waals surface area contributed by atoms with Crippen LogP contribution in [0.1, 0.15) is 5.69 Å². The number of β-lactam (4-membered cyclic amide) rings is 1. The van der Waals surface area contributed by atoms with Gasteiger partial charge in [0.25, 0.3) is 5.91 Å². The lowest BCUT2D eigenvalue weighted by atomic mass is 10.0. The average molecular weight is 449 g/mol. The van der Waals surface area contributed by atoms with Gasteiger partial charge in [-0.25, -0.2) is 4.98 Å². The zero-order valence-corrected chi connectivity index (χ0v) is 16.7. The van der Waals surface area contributed by atoms with Crippen molar-refractivity contribution in [3.63, 3.8) is 0 Å². The van der Waals surface area contributed by atoms with Gasteiger partial charge in [-0.3, -0.25) is 14.4 Å². The Morgan fingerprint density at radius 3 is 2.93 bits per heavy atom. The first-order valence-corrected chi connectivity index (χ1v) is 10.3. The monoisotopic (exact) mass is 448 g/mol. The van der Waals surface area contributed by atoms with E-state index in [9.17, 15) is 19.5 Å². The molecule has 2 amide bonds. The van der Waals surface area contributed by atoms with Crippen molar-refractivity contribution in [2.45, 2.75) is 16.3 Å². The van der Waals surface area contributed by atoms with Crippen LogP contribution in [0.5, 0.6) is 0 Å². The van der Waals surface area contributed by atoms with Gasteiger partial charge in [-0.15, -0.1) is 34.7 Å². The Morgan fingerprint density at radius 2 is 2.32 bits per heavy atom. The number of amides is 2. The van der Waals surface area contributed by atoms with Crippen molar-refractivity contribution in [1.82, 2.24) is 15.2 Å². The van der Waals surface area contributed by atoms with Crippen LogP contribution in [0, 0.1) is 0 Å². The molecule has 0 spiro atoms. The van der Waals surface area contributed by atoms with Crippen molar-refractivity contribution in [1.29, 1.82) is 0 Å². The lowest BCUT2D eigenvalue weighted by Gasteiger charge is -2.52. The molecule has 11 nitrogen and oxygen atoms in total. The number of nitrogens with zero attached hydrogens (tertiary/aromatic N) is 3. The Balaban J connectivity index is 1.70. The van der Waals surface area contributed by atoms with E-state index in [4.69, 9.17) is 27.9 Å². The molecular formula is C14H17ClN6O5S2. The van der Waals surface area contributed by atoms with E-state index >= 15 is 0 Å². The number of carboxylic acid groups (broad SMARTS) is 1. The number of carbonyl (C=O) groups excluding carboxylic acids is 2. The van der Waals surface area contributed by atoms with Crippen LogP contribution in [0.3, 0.4) is 0 Å². The first kappa shape index (κ1) is 20.6. The molecule has 2 saturated heterocycles. The molecular weight excluding hydrogens is 432 g/mol. The standard InChI is InChI=1S/C14H17ClN6O5S2/c15-14(12(24)25)4-21-10(23)8(11(21)28-5-14)19-9(22)7(20-26-2-1-16)6-3-27-13(17)18-6/h3,8,11H,1-2,4-5,16H2,(H2,17,18)(H,19,22)(H,24,25)/t8?,11-,14?/m1/s1. The van der Waals surface area contributed by atoms with Crippen LogP contribution in [0.25, 0.3) is 0 Å². The zero-order chi connectivity index (χ0) is 20.5. The first-order chi connectivity index (χ1) is 13.3. The normalized spacial score (nSPS) is 27.0. The van der Waals surface area contributed by atoms with E-state index in [-0.39, 0.29) is 42.0 Å². The second kappa shape index (κ2) is 8.11. The predicted molar refractivity (Wildman–Crippen MR) is 104 cm³/mol. The third-order valence-corrected chi connectivity index (χ3v) is 6.83. The number of anilines is 1. The van der Waals surface area contributed by atoms with E-state index in [1.807, 2.05) is 0 Å². The van der Waals surface area contributed by atoms with Crippen molar-refractivity contribution in [3.05, 3.63) is 11.1 Å². The molecule has 1 aromatic rings. The molecule has 0 radical (unpaired) electrons. The van der Waals surface area contributed by atoms with Gasteiger partial charge in [-0.2, -0.15) is 0 Å². The molecule has 14 heteroatoms. The number of hydrogen-bond donors (Lipinski definition) is 4. The summed E-state index contributed by atoms with van der Waals surface area (Å²) in [6, 6.07) is -0.830. The summed E-state index contributed by atoms with van der Waals surface area (Å²) in [5, 5.41) is 17.0. The maximum atomic E-state index is 12.7. The van der Waals surface area contributed by atoms with Crippen molar-refractivity contribution in [2.24, 2.45) is 10.9 Å². The number of oxime groups is 1. The molecule has 0 aromatic carbocycles. The quantitative estimate of drug-likeness (QED) is 0.132. The van der Waals surface area contributed by atoms with E-state index in [0.29, 0.717) is 0 Å². The van der Waals surface area contributed by atoms with Gasteiger partial charge in [-0.05, 0) is 0 Å². The van der Waals surface area contributed by atoms with Gasteiger partial charge in [0, 0.05) is 17.7 Å². The van der Waals surface area contributed by atoms with Crippen LogP contribution in [-0.4, -0.2) is 80.2 Å². The molecule has 3 heterocycles. The third-order valence-electron chi connectivity index (χ3n) is 4.06. The van der Waals surface area contributed by atoms with Gasteiger partial charge < -0.3 is 31.6 Å². The highest BCUT2D eigenvalue weighted by Crippen LogP contribution is 2.41. The molecule has 0 saturated carbocycles. The Kier molecular flexibility index (Phi) is 5.98. The van der Waals surface area contributed by atoms with Crippen LogP contribution >= 0.6 is 34.7 Å². The minimum Gasteiger partial charge on any atom is -0.480 e. The van der Waals surface area contributed by atoms with Crippen LogP contribution in [0.15, 0.2) is 10.5 Å². The van der Waals surface area contributed by atoms with Crippen LogP contribution in [-0.2, 0) is 19.2 Å². The lowest BCUT2D eigenvalue weighted by Crippen LogP contribution is -2.74. The number of fused-ring (bicyclic) bond motifs is 1. The molecule has 2 aliphatic rings. The molecule has 1 aromatic heterocycles. The van der Waals surface area contributed by atoms with Gasteiger partial charge in [-0.1, -0.05) is 5.16 Å². The fourth-order valence-corrected chi connectivity index (χ4v) is 4.90. The average Bonchev–Trinajstić information content (AvgIpc) is 3.09. The number of aromatic nitrogens is 1. The summed E-state index contributed by atoms with van der Waals surface area (Å²) < 4.78 is 0. The molecule has 0 bridgehead atoms. The second-order valence-electron chi connectivity index (χ2n) is 6.02. The summed E-state index contributed by atoms with van der Waals surface area (Å²) in [5.74, 6) is -2.17. The Bertz CT molecular complexity index is 835. The summed E-state index contributed by atoms with van der Waals surface area (Å²) in [6.45, 7) is 0.171. The minimum atomic E-state index is -1.54. The zero-order valence-electron chi connectivity index (χ0n) is 14.3. The number of nitrogens with one attached hydrogen (secondary N) is 1. The number of thioether (sulfide) groups is 1. The minimum absolute atomic E-state index is 0.0952. The van der Waals surface area contributed by atoms with E-state index in [0.717, 1.165) is 11.3 Å². The van der Waals surface area contributed by atoms with Crippen LogP contribution in [0.2, 0.25) is 0 Å². The number of carboxylic acids is 1. The highest BCUT2D eigenvalue weighted by atomic mass is 35.5. The summed E-state index contributed by atoms with van der Waals surface area (Å²) in [4.78, 5) is 45.2. The summed E-state index contributed by atoms with van der Waals surface area (Å²) >= 11 is 8.38. The molecule has 3 atom stereocenters. The van der Waals surface area contributed by atoms with Crippen molar-refractivity contribution in [3.8, 4) is 0 Å². The Labute approximate surface area is 172 Å². The Morgan fingerprint density at radius 1 is 1.57 bits per heavy atom. The van der Waals surface area contributed by atoms with Gasteiger partial charge in [0.2, 0.25) is 5.91 Å². The number of rotatable bonds is 7. The Hall–Kier alpha value is -2.09. The summed E-state index contributed by atoms with van der Waals surface area (Å²) in [6.07, 6.45) is 0. The van der Waals surface area contributed by atoms with E-state index < -0.39 is 34.1 Å². The van der Waals surface area contributed by atoms with E-state index in [1.165, 1.54) is 16.7 Å². The number of thiazole rings is 1. The number of nitrogen functional groups attached to an aromatic ring is 1. The number of carbonyl (C=O) groups is 3. The highest BCUT2D eigenvalue weighted by molar-refractivity contribution is 8.00. The molecule has 2 unspecified atom stereocenters. The van der Waals surface area contributed by atoms with Gasteiger partial charge in [0.05, 0.1) is 6.54 Å². The maximum Gasteiger partial charge on any atom is 0.327 e. The van der Waals surface area contributed by atoms with Gasteiger partial charge >= 0.3 is 5.97 Å². The van der Waals surface area contributed by atoms with Crippen molar-refractivity contribution >= 4 is 63.3 Å². The molecule has 2 fully saturated rings. The van der Waals surface area contributed by atoms with E-state index in [1.54, 1.807) is 5.38 Å². The van der Waals surface area contributed by atoms with Crippen LogP contribution in [0.4, 0.5) is 5.13 Å². The van der Waals surface area contributed by atoms with Crippen LogP contribution < -0.4 is 16.8 Å². The first-order valence-electron chi connectivity index (χ1n) is 8.03. The van der Waals surface area contributed by atoms with E-state index in [2.05, 4.69) is 15.5 Å². The summed E-state index contributed by atoms with van der Waals surface area (Å²) in [5.41, 5.74) is 11.0. The number of nitrogens with two attached hydrogens (primary N) is 2. The topological polar surface area (TPSA) is 173 Å². The molecule has 152 valence electrons. The molecule has 0 aliphatic carbocycles. The summed E-state index contributed by atoms with van der Waals surface area (Å²) in [7, 11) is 0. The fourth-order valence-electron chi connectivity index (χ4n) is 2.65. The molecule has 28 heavy (non-hydrogen) atoms. The maximum absolute atomic E-state index is 12.7. The smallest absolute Gasteiger partial charge is 0.327 e. The van der Waals surface area contributed by atoms with Crippen molar-refractivity contribution < 1.29 is 24.3 Å². The number of halogens is 1. The van der Waals surface area contributed by atoms with Gasteiger partial charge in [0.15, 0.2) is 15.7 Å². The number of hydrogen-bond acceptors (Lipinski definition) is 10. The lowest BCUT2D eigenvalue weighted by molar-refractivity contribution is -0.151. The highest BCUT2D eigenvalue weighted by Gasteiger charge is 2.57. The predicted octanol–water partition coefficient (Wildman–Crippen LogP) is -1.13. The fraction of sp³-hybridized carbons (Fsp3) is 0.500. The van der Waals surface area contributed by atoms with Crippen molar-refractivity contribution in [2.75, 3.05) is 31.2 Å². The van der Waals surface area contributed by atoms with Gasteiger partial charge in [0.1, 0.15) is 23.7 Å². The second-order valence-corrected chi connectivity index (χ2v) is 8.74. The molecule has 3 rings (SSSR count). The molecule has 6 N–H and O–H groups in total. The number of aliphatic carboxylic acids is 1. The SMILES string of the molecule is NCCON=C(C(=O)NC1C(=O)N2CC(Cl)(C(=O)O)CS[C@H]12)c1csc(N)n1. The molecule has 2 aliphatic heterocycles. The largest absolute Gasteiger partial charge is 0.480 e. The third kappa shape index (κ3) is 3.87.